The van der Waals surface area contributed by atoms with Crippen molar-refractivity contribution in [3.63, 3.8) is 0 Å². The number of nitrogens with zero attached hydrogens (tertiary/aromatic N) is 1. The van der Waals surface area contributed by atoms with Crippen molar-refractivity contribution in [3.8, 4) is 0 Å². The van der Waals surface area contributed by atoms with E-state index in [0.717, 1.165) is 37.2 Å². The second-order valence-corrected chi connectivity index (χ2v) is 7.02. The highest BCUT2D eigenvalue weighted by molar-refractivity contribution is 6.31. The molecule has 25 heavy (non-hydrogen) atoms. The second kappa shape index (κ2) is 7.79. The largest absolute Gasteiger partial charge is 0.382 e. The third-order valence-corrected chi connectivity index (χ3v) is 5.12. The van der Waals surface area contributed by atoms with E-state index in [9.17, 15) is 4.79 Å². The number of amides is 2. The van der Waals surface area contributed by atoms with Crippen LogP contribution in [-0.4, -0.2) is 30.1 Å². The fourth-order valence-corrected chi connectivity index (χ4v) is 3.24. The quantitative estimate of drug-likeness (QED) is 0.805. The minimum absolute atomic E-state index is 0.0609. The molecule has 0 bridgehead atoms. The van der Waals surface area contributed by atoms with Gasteiger partial charge in [-0.15, -0.1) is 0 Å². The fraction of sp³-hybridized carbons (Fsp3) is 0.350. The molecule has 1 fully saturated rings. The van der Waals surface area contributed by atoms with Crippen molar-refractivity contribution in [1.82, 2.24) is 4.90 Å². The number of benzene rings is 2. The van der Waals surface area contributed by atoms with Gasteiger partial charge < -0.3 is 15.5 Å². The van der Waals surface area contributed by atoms with Crippen molar-refractivity contribution in [2.24, 2.45) is 0 Å². The highest BCUT2D eigenvalue weighted by Crippen LogP contribution is 2.22. The number of rotatable bonds is 3. The van der Waals surface area contributed by atoms with Crippen molar-refractivity contribution in [3.05, 3.63) is 58.6 Å². The van der Waals surface area contributed by atoms with Gasteiger partial charge >= 0.3 is 6.03 Å². The van der Waals surface area contributed by atoms with E-state index in [-0.39, 0.29) is 6.03 Å². The Balaban J connectivity index is 1.52. The lowest BCUT2D eigenvalue weighted by atomic mass is 10.0. The first-order valence-electron chi connectivity index (χ1n) is 8.67. The molecule has 0 saturated carbocycles. The van der Waals surface area contributed by atoms with Gasteiger partial charge in [0.05, 0.1) is 0 Å². The van der Waals surface area contributed by atoms with E-state index in [2.05, 4.69) is 29.7 Å². The number of carbonyl (C=O) groups excluding carboxylic acids is 1. The maximum atomic E-state index is 12.4. The summed E-state index contributed by atoms with van der Waals surface area (Å²) in [6.07, 6.45) is 1.88. The third-order valence-electron chi connectivity index (χ3n) is 4.71. The Hall–Kier alpha value is -2.20. The molecule has 4 nitrogen and oxygen atoms in total. The van der Waals surface area contributed by atoms with Crippen molar-refractivity contribution in [1.29, 1.82) is 0 Å². The smallest absolute Gasteiger partial charge is 0.321 e. The Morgan fingerprint density at radius 1 is 1.08 bits per heavy atom. The van der Waals surface area contributed by atoms with Gasteiger partial charge in [-0.3, -0.25) is 0 Å². The average Bonchev–Trinajstić information content (AvgIpc) is 2.61. The molecule has 0 unspecified atom stereocenters. The molecule has 2 N–H and O–H groups in total. The van der Waals surface area contributed by atoms with Gasteiger partial charge in [-0.1, -0.05) is 35.9 Å². The molecule has 0 radical (unpaired) electrons. The lowest BCUT2D eigenvalue weighted by Crippen LogP contribution is -2.44. The van der Waals surface area contributed by atoms with Crippen LogP contribution in [0.1, 0.15) is 24.0 Å². The Morgan fingerprint density at radius 3 is 2.48 bits per heavy atom. The lowest BCUT2D eigenvalue weighted by Gasteiger charge is -2.33. The molecule has 1 saturated heterocycles. The van der Waals surface area contributed by atoms with Gasteiger partial charge in [-0.25, -0.2) is 4.79 Å². The summed E-state index contributed by atoms with van der Waals surface area (Å²) in [5.74, 6) is 0. The molecule has 0 spiro atoms. The summed E-state index contributed by atoms with van der Waals surface area (Å²) < 4.78 is 0. The Labute approximate surface area is 154 Å². The number of anilines is 2. The molecule has 1 aliphatic heterocycles. The average molecular weight is 358 g/mol. The van der Waals surface area contributed by atoms with Gasteiger partial charge in [0.1, 0.15) is 0 Å². The topological polar surface area (TPSA) is 44.4 Å². The number of para-hydroxylation sites is 1. The van der Waals surface area contributed by atoms with Crippen LogP contribution in [0.15, 0.2) is 42.5 Å². The molecular formula is C20H24ClN3O. The summed E-state index contributed by atoms with van der Waals surface area (Å²) in [7, 11) is 0. The minimum Gasteiger partial charge on any atom is -0.382 e. The summed E-state index contributed by atoms with van der Waals surface area (Å²) >= 11 is 6.12. The summed E-state index contributed by atoms with van der Waals surface area (Å²) in [6, 6.07) is 14.2. The molecular weight excluding hydrogens is 334 g/mol. The lowest BCUT2D eigenvalue weighted by molar-refractivity contribution is 0.197. The van der Waals surface area contributed by atoms with Crippen LogP contribution in [0.5, 0.6) is 0 Å². The molecule has 5 heteroatoms. The van der Waals surface area contributed by atoms with Gasteiger partial charge in [0.25, 0.3) is 0 Å². The Morgan fingerprint density at radius 2 is 1.80 bits per heavy atom. The number of hydrogen-bond acceptors (Lipinski definition) is 2. The maximum Gasteiger partial charge on any atom is 0.321 e. The van der Waals surface area contributed by atoms with E-state index in [4.69, 9.17) is 11.6 Å². The van der Waals surface area contributed by atoms with E-state index in [1.54, 1.807) is 6.07 Å². The van der Waals surface area contributed by atoms with Gasteiger partial charge in [0, 0.05) is 35.5 Å². The molecule has 0 aliphatic carbocycles. The van der Waals surface area contributed by atoms with Gasteiger partial charge in [0.2, 0.25) is 0 Å². The van der Waals surface area contributed by atoms with E-state index in [1.165, 1.54) is 11.3 Å². The number of urea groups is 1. The van der Waals surface area contributed by atoms with Crippen LogP contribution in [0.3, 0.4) is 0 Å². The van der Waals surface area contributed by atoms with Gasteiger partial charge in [-0.2, -0.15) is 0 Å². The SMILES string of the molecule is Cc1ccc(NC(=O)N2CCC(Nc3ccccc3C)CC2)cc1Cl. The number of aryl methyl sites for hydroxylation is 2. The first-order chi connectivity index (χ1) is 12.0. The van der Waals surface area contributed by atoms with Crippen molar-refractivity contribution >= 4 is 29.0 Å². The van der Waals surface area contributed by atoms with E-state index in [0.29, 0.717) is 11.1 Å². The first-order valence-corrected chi connectivity index (χ1v) is 9.05. The molecule has 2 aromatic carbocycles. The zero-order chi connectivity index (χ0) is 17.8. The molecule has 3 rings (SSSR count). The molecule has 2 aromatic rings. The van der Waals surface area contributed by atoms with E-state index in [1.807, 2.05) is 36.1 Å². The van der Waals surface area contributed by atoms with E-state index >= 15 is 0 Å². The predicted molar refractivity (Wildman–Crippen MR) is 105 cm³/mol. The summed E-state index contributed by atoms with van der Waals surface area (Å²) in [5, 5.41) is 7.20. The van der Waals surface area contributed by atoms with Crippen molar-refractivity contribution in [2.75, 3.05) is 23.7 Å². The molecule has 0 aromatic heterocycles. The van der Waals surface area contributed by atoms with Crippen LogP contribution < -0.4 is 10.6 Å². The molecule has 2 amide bonds. The first kappa shape index (κ1) is 17.6. The molecule has 132 valence electrons. The summed E-state index contributed by atoms with van der Waals surface area (Å²) in [6.45, 7) is 5.54. The number of piperidine rings is 1. The zero-order valence-corrected chi connectivity index (χ0v) is 15.4. The second-order valence-electron chi connectivity index (χ2n) is 6.61. The van der Waals surface area contributed by atoms with Crippen LogP contribution in [0, 0.1) is 13.8 Å². The van der Waals surface area contributed by atoms with Crippen molar-refractivity contribution < 1.29 is 4.79 Å². The monoisotopic (exact) mass is 357 g/mol. The Kier molecular flexibility index (Phi) is 5.49. The normalized spacial score (nSPS) is 15.1. The standard InChI is InChI=1S/C20H24ClN3O/c1-14-7-8-17(13-18(14)21)23-20(25)24-11-9-16(10-12-24)22-19-6-4-3-5-15(19)2/h3-8,13,16,22H,9-12H2,1-2H3,(H,23,25). The number of carbonyl (C=O) groups is 1. The van der Waals surface area contributed by atoms with E-state index < -0.39 is 0 Å². The minimum atomic E-state index is -0.0609. The van der Waals surface area contributed by atoms with Crippen LogP contribution >= 0.6 is 11.6 Å². The fourth-order valence-electron chi connectivity index (χ4n) is 3.05. The Bertz CT molecular complexity index is 754. The summed E-state index contributed by atoms with van der Waals surface area (Å²) in [4.78, 5) is 14.3. The van der Waals surface area contributed by atoms with Crippen LogP contribution in [0.2, 0.25) is 5.02 Å². The van der Waals surface area contributed by atoms with Crippen LogP contribution in [0.25, 0.3) is 0 Å². The number of hydrogen-bond donors (Lipinski definition) is 2. The number of nitrogens with one attached hydrogen (secondary N) is 2. The highest BCUT2D eigenvalue weighted by atomic mass is 35.5. The zero-order valence-electron chi connectivity index (χ0n) is 14.7. The predicted octanol–water partition coefficient (Wildman–Crippen LogP) is 5.07. The van der Waals surface area contributed by atoms with Crippen LogP contribution in [0.4, 0.5) is 16.2 Å². The molecule has 1 aliphatic rings. The summed E-state index contributed by atoms with van der Waals surface area (Å²) in [5.41, 5.74) is 4.17. The third kappa shape index (κ3) is 4.45. The number of halogens is 1. The van der Waals surface area contributed by atoms with Gasteiger partial charge in [0.15, 0.2) is 0 Å². The highest BCUT2D eigenvalue weighted by Gasteiger charge is 2.23. The molecule has 0 atom stereocenters. The maximum absolute atomic E-state index is 12.4. The van der Waals surface area contributed by atoms with Crippen LogP contribution in [-0.2, 0) is 0 Å². The van der Waals surface area contributed by atoms with Gasteiger partial charge in [-0.05, 0) is 56.0 Å². The van der Waals surface area contributed by atoms with Crippen molar-refractivity contribution in [2.45, 2.75) is 32.7 Å². The molecule has 1 heterocycles. The number of likely N-dealkylation sites (tertiary alicyclic amines) is 1.